The summed E-state index contributed by atoms with van der Waals surface area (Å²) in [6, 6.07) is 17.9. The molecule has 1 unspecified atom stereocenters. The topological polar surface area (TPSA) is 51.5 Å². The lowest BCUT2D eigenvalue weighted by Crippen LogP contribution is -2.43. The Balaban J connectivity index is 1.51. The van der Waals surface area contributed by atoms with E-state index in [1.165, 1.54) is 10.6 Å². The van der Waals surface area contributed by atoms with Gasteiger partial charge in [-0.25, -0.2) is 9.69 Å². The van der Waals surface area contributed by atoms with Gasteiger partial charge in [0.05, 0.1) is 12.0 Å². The lowest BCUT2D eigenvalue weighted by molar-refractivity contribution is -0.131. The van der Waals surface area contributed by atoms with Crippen LogP contribution in [0.3, 0.4) is 0 Å². The van der Waals surface area contributed by atoms with Crippen LogP contribution in [0.5, 0.6) is 0 Å². The Bertz CT molecular complexity index is 1090. The van der Waals surface area contributed by atoms with Gasteiger partial charge in [-0.3, -0.25) is 4.79 Å². The van der Waals surface area contributed by atoms with Gasteiger partial charge in [0.15, 0.2) is 0 Å². The van der Waals surface area contributed by atoms with Gasteiger partial charge in [0, 0.05) is 23.6 Å². The molecule has 148 valence electrons. The van der Waals surface area contributed by atoms with Crippen LogP contribution in [-0.2, 0) is 29.4 Å². The molecule has 0 N–H and O–H groups in total. The first-order valence-corrected chi connectivity index (χ1v) is 10.2. The fraction of sp³-hybridized carbons (Fsp3) is 0.333. The highest BCUT2D eigenvalue weighted by Crippen LogP contribution is 2.40. The molecule has 1 aliphatic carbocycles. The zero-order chi connectivity index (χ0) is 20.0. The van der Waals surface area contributed by atoms with Gasteiger partial charge < -0.3 is 9.30 Å². The lowest BCUT2D eigenvalue weighted by atomic mass is 9.84. The number of aromatic nitrogens is 1. The van der Waals surface area contributed by atoms with Gasteiger partial charge >= 0.3 is 6.09 Å². The van der Waals surface area contributed by atoms with Crippen molar-refractivity contribution in [3.05, 3.63) is 71.4 Å². The molecule has 29 heavy (non-hydrogen) atoms. The Morgan fingerprint density at radius 2 is 1.86 bits per heavy atom. The quantitative estimate of drug-likeness (QED) is 0.676. The second kappa shape index (κ2) is 7.07. The Morgan fingerprint density at radius 3 is 2.69 bits per heavy atom. The molecule has 2 atom stereocenters. The van der Waals surface area contributed by atoms with Gasteiger partial charge in [-0.15, -0.1) is 0 Å². The fourth-order valence-electron chi connectivity index (χ4n) is 4.97. The minimum absolute atomic E-state index is 0.120. The summed E-state index contributed by atoms with van der Waals surface area (Å²) in [5.74, 6) is -0.417. The number of rotatable bonds is 3. The third-order valence-corrected chi connectivity index (χ3v) is 6.34. The highest BCUT2D eigenvalue weighted by molar-refractivity contribution is 6.00. The Morgan fingerprint density at radius 1 is 1.10 bits per heavy atom. The number of carbonyl (C=O) groups excluding carboxylic acids is 2. The summed E-state index contributed by atoms with van der Waals surface area (Å²) in [6.07, 6.45) is 2.78. The van der Waals surface area contributed by atoms with Crippen molar-refractivity contribution in [2.45, 2.75) is 37.6 Å². The van der Waals surface area contributed by atoms with Crippen molar-refractivity contribution >= 4 is 22.9 Å². The van der Waals surface area contributed by atoms with Crippen LogP contribution < -0.4 is 0 Å². The zero-order valence-corrected chi connectivity index (χ0v) is 16.5. The maximum absolute atomic E-state index is 13.6. The van der Waals surface area contributed by atoms with Crippen molar-refractivity contribution in [3.8, 4) is 0 Å². The number of para-hydroxylation sites is 1. The molecule has 1 saturated heterocycles. The van der Waals surface area contributed by atoms with E-state index in [-0.39, 0.29) is 24.5 Å². The first-order valence-electron chi connectivity index (χ1n) is 10.2. The average Bonchev–Trinajstić information content (AvgIpc) is 3.26. The molecule has 1 fully saturated rings. The SMILES string of the molecule is Cn1c2c(c3ccccc31)C(C(=O)N1C(=O)OC[C@@H]1Cc1ccccc1)CCC2. The molecule has 1 aromatic heterocycles. The molecule has 3 aromatic rings. The number of ether oxygens (including phenoxy) is 1. The highest BCUT2D eigenvalue weighted by atomic mass is 16.6. The third kappa shape index (κ3) is 2.92. The van der Waals surface area contributed by atoms with Gasteiger partial charge in [-0.1, -0.05) is 48.5 Å². The van der Waals surface area contributed by atoms with Crippen LogP contribution in [0.25, 0.3) is 10.9 Å². The fourth-order valence-corrected chi connectivity index (χ4v) is 4.97. The Kier molecular flexibility index (Phi) is 4.38. The van der Waals surface area contributed by atoms with Crippen molar-refractivity contribution in [2.24, 2.45) is 7.05 Å². The molecule has 2 heterocycles. The second-order valence-corrected chi connectivity index (χ2v) is 8.01. The minimum atomic E-state index is -0.511. The Hall–Kier alpha value is -3.08. The molecule has 0 radical (unpaired) electrons. The largest absolute Gasteiger partial charge is 0.447 e. The van der Waals surface area contributed by atoms with E-state index in [9.17, 15) is 9.59 Å². The molecule has 0 saturated carbocycles. The molecule has 5 nitrogen and oxygen atoms in total. The van der Waals surface area contributed by atoms with Crippen molar-refractivity contribution in [3.63, 3.8) is 0 Å². The predicted octanol–water partition coefficient (Wildman–Crippen LogP) is 4.19. The Labute approximate surface area is 169 Å². The number of nitrogens with zero attached hydrogens (tertiary/aromatic N) is 2. The monoisotopic (exact) mass is 388 g/mol. The van der Waals surface area contributed by atoms with Crippen LogP contribution in [0.1, 0.15) is 35.6 Å². The first kappa shape index (κ1) is 18.0. The number of aryl methyl sites for hydroxylation is 1. The molecule has 1 aliphatic heterocycles. The number of benzene rings is 2. The number of hydrogen-bond acceptors (Lipinski definition) is 3. The number of cyclic esters (lactones) is 1. The number of amides is 2. The van der Waals surface area contributed by atoms with Crippen LogP contribution >= 0.6 is 0 Å². The summed E-state index contributed by atoms with van der Waals surface area (Å²) < 4.78 is 7.51. The van der Waals surface area contributed by atoms with Crippen LogP contribution in [0, 0.1) is 0 Å². The summed E-state index contributed by atoms with van der Waals surface area (Å²) in [4.78, 5) is 27.5. The predicted molar refractivity (Wildman–Crippen MR) is 111 cm³/mol. The van der Waals surface area contributed by atoms with E-state index in [1.54, 1.807) is 0 Å². The summed E-state index contributed by atoms with van der Waals surface area (Å²) in [7, 11) is 2.07. The minimum Gasteiger partial charge on any atom is -0.447 e. The van der Waals surface area contributed by atoms with E-state index in [4.69, 9.17) is 4.74 Å². The third-order valence-electron chi connectivity index (χ3n) is 6.34. The van der Waals surface area contributed by atoms with E-state index in [1.807, 2.05) is 42.5 Å². The van der Waals surface area contributed by atoms with Crippen molar-refractivity contribution < 1.29 is 14.3 Å². The van der Waals surface area contributed by atoms with Gasteiger partial charge in [0.25, 0.3) is 0 Å². The van der Waals surface area contributed by atoms with Gasteiger partial charge in [0.2, 0.25) is 5.91 Å². The molecule has 2 amide bonds. The average molecular weight is 388 g/mol. The van der Waals surface area contributed by atoms with E-state index >= 15 is 0 Å². The molecular weight excluding hydrogens is 364 g/mol. The molecule has 2 aliphatic rings. The summed E-state index contributed by atoms with van der Waals surface area (Å²) >= 11 is 0. The van der Waals surface area contributed by atoms with Crippen LogP contribution in [-0.4, -0.2) is 34.1 Å². The van der Waals surface area contributed by atoms with E-state index in [0.717, 1.165) is 41.3 Å². The smallest absolute Gasteiger partial charge is 0.417 e. The van der Waals surface area contributed by atoms with E-state index in [2.05, 4.69) is 23.7 Å². The van der Waals surface area contributed by atoms with Crippen molar-refractivity contribution in [1.29, 1.82) is 0 Å². The first-order chi connectivity index (χ1) is 14.1. The summed E-state index contributed by atoms with van der Waals surface area (Å²) in [5, 5.41) is 1.12. The van der Waals surface area contributed by atoms with Crippen molar-refractivity contribution in [1.82, 2.24) is 9.47 Å². The number of imide groups is 1. The number of carbonyl (C=O) groups is 2. The molecule has 0 spiro atoms. The standard InChI is InChI=1S/C24H24N2O3/c1-25-20-12-6-5-10-18(20)22-19(11-7-13-21(22)25)23(27)26-17(15-29-24(26)28)14-16-8-3-2-4-9-16/h2-6,8-10,12,17,19H,7,11,13-15H2,1H3/t17-,19?/m0/s1. The highest BCUT2D eigenvalue weighted by Gasteiger charge is 2.43. The normalized spacial score (nSPS) is 21.3. The molecular formula is C24H24N2O3. The zero-order valence-electron chi connectivity index (χ0n) is 16.5. The van der Waals surface area contributed by atoms with Crippen LogP contribution in [0.2, 0.25) is 0 Å². The van der Waals surface area contributed by atoms with Crippen molar-refractivity contribution in [2.75, 3.05) is 6.61 Å². The van der Waals surface area contributed by atoms with Gasteiger partial charge in [-0.05, 0) is 42.9 Å². The summed E-state index contributed by atoms with van der Waals surface area (Å²) in [5.41, 5.74) is 4.55. The molecule has 0 bridgehead atoms. The number of fused-ring (bicyclic) bond motifs is 3. The molecule has 5 rings (SSSR count). The van der Waals surface area contributed by atoms with Gasteiger partial charge in [0.1, 0.15) is 6.61 Å². The lowest BCUT2D eigenvalue weighted by Gasteiger charge is -2.28. The summed E-state index contributed by atoms with van der Waals surface area (Å²) in [6.45, 7) is 0.259. The van der Waals surface area contributed by atoms with Crippen LogP contribution in [0.15, 0.2) is 54.6 Å². The van der Waals surface area contributed by atoms with Gasteiger partial charge in [-0.2, -0.15) is 0 Å². The van der Waals surface area contributed by atoms with E-state index < -0.39 is 6.09 Å². The maximum atomic E-state index is 13.6. The number of hydrogen-bond donors (Lipinski definition) is 0. The molecule has 2 aromatic carbocycles. The van der Waals surface area contributed by atoms with Crippen LogP contribution in [0.4, 0.5) is 4.79 Å². The maximum Gasteiger partial charge on any atom is 0.417 e. The van der Waals surface area contributed by atoms with E-state index in [0.29, 0.717) is 6.42 Å². The molecule has 5 heteroatoms. The second-order valence-electron chi connectivity index (χ2n) is 8.01.